The van der Waals surface area contributed by atoms with Crippen LogP contribution in [0.15, 0.2) is 79.3 Å². The number of carbonyl (C=O) groups excluding carboxylic acids is 1. The molecule has 1 unspecified atom stereocenters. The minimum Gasteiger partial charge on any atom is -0.394 e. The van der Waals surface area contributed by atoms with Crippen LogP contribution in [0, 0.1) is 5.82 Å². The Morgan fingerprint density at radius 1 is 1.06 bits per heavy atom. The van der Waals surface area contributed by atoms with Gasteiger partial charge >= 0.3 is 0 Å². The minimum absolute atomic E-state index is 0.142. The molecule has 0 aliphatic carbocycles. The van der Waals surface area contributed by atoms with Gasteiger partial charge in [0.1, 0.15) is 17.3 Å². The molecule has 0 spiro atoms. The highest BCUT2D eigenvalue weighted by molar-refractivity contribution is 5.95. The number of nitrogens with zero attached hydrogens (tertiary/aromatic N) is 3. The van der Waals surface area contributed by atoms with Crippen LogP contribution in [0.2, 0.25) is 0 Å². The Morgan fingerprint density at radius 3 is 2.50 bits per heavy atom. The quantitative estimate of drug-likeness (QED) is 0.433. The van der Waals surface area contributed by atoms with Gasteiger partial charge in [-0.15, -0.1) is 0 Å². The van der Waals surface area contributed by atoms with Crippen LogP contribution in [-0.2, 0) is 0 Å². The van der Waals surface area contributed by atoms with Gasteiger partial charge in [-0.1, -0.05) is 36.4 Å². The lowest BCUT2D eigenvalue weighted by Crippen LogP contribution is -2.31. The summed E-state index contributed by atoms with van der Waals surface area (Å²) in [6.07, 6.45) is 4.80. The Bertz CT molecular complexity index is 1240. The molecule has 2 aromatic heterocycles. The topological polar surface area (TPSA) is 114 Å². The molecule has 4 rings (SSSR count). The normalized spacial score (nSPS) is 11.7. The molecule has 7 nitrogen and oxygen atoms in total. The van der Waals surface area contributed by atoms with Gasteiger partial charge in [0.05, 0.1) is 30.1 Å². The molecule has 0 fully saturated rings. The summed E-state index contributed by atoms with van der Waals surface area (Å²) in [7, 11) is 0. The number of amides is 1. The van der Waals surface area contributed by atoms with Crippen LogP contribution in [-0.4, -0.2) is 32.6 Å². The van der Waals surface area contributed by atoms with E-state index in [0.717, 1.165) is 11.1 Å². The van der Waals surface area contributed by atoms with E-state index in [1.165, 1.54) is 18.3 Å². The summed E-state index contributed by atoms with van der Waals surface area (Å²) in [5.74, 6) is -1.23. The Balaban J connectivity index is 1.60. The van der Waals surface area contributed by atoms with Crippen LogP contribution in [0.4, 0.5) is 10.2 Å². The first kappa shape index (κ1) is 21.1. The summed E-state index contributed by atoms with van der Waals surface area (Å²) < 4.78 is 14.9. The van der Waals surface area contributed by atoms with Gasteiger partial charge in [-0.25, -0.2) is 14.4 Å². The second kappa shape index (κ2) is 9.32. The first-order chi connectivity index (χ1) is 15.6. The number of anilines is 1. The fourth-order valence-corrected chi connectivity index (χ4v) is 3.27. The first-order valence-electron chi connectivity index (χ1n) is 9.86. The number of pyridine rings is 1. The molecule has 0 aliphatic heterocycles. The SMILES string of the molecule is Nc1ncc(-c2ccncc2)nc1-c1ccc(C(=O)NC(CO)c2ccccc2)c(F)c1. The van der Waals surface area contributed by atoms with Gasteiger partial charge in [0.15, 0.2) is 0 Å². The van der Waals surface area contributed by atoms with Crippen molar-refractivity contribution < 1.29 is 14.3 Å². The number of rotatable bonds is 6. The third kappa shape index (κ3) is 4.45. The molecule has 32 heavy (non-hydrogen) atoms. The van der Waals surface area contributed by atoms with Crippen molar-refractivity contribution in [2.24, 2.45) is 0 Å². The number of hydrogen-bond donors (Lipinski definition) is 3. The largest absolute Gasteiger partial charge is 0.394 e. The van der Waals surface area contributed by atoms with Crippen molar-refractivity contribution in [2.75, 3.05) is 12.3 Å². The van der Waals surface area contributed by atoms with Crippen LogP contribution in [0.1, 0.15) is 22.0 Å². The van der Waals surface area contributed by atoms with E-state index in [1.807, 2.05) is 6.07 Å². The smallest absolute Gasteiger partial charge is 0.254 e. The van der Waals surface area contributed by atoms with Crippen LogP contribution >= 0.6 is 0 Å². The lowest BCUT2D eigenvalue weighted by Gasteiger charge is -2.17. The molecule has 2 aromatic carbocycles. The average Bonchev–Trinajstić information content (AvgIpc) is 2.83. The zero-order valence-electron chi connectivity index (χ0n) is 16.9. The van der Waals surface area contributed by atoms with Crippen molar-refractivity contribution in [1.29, 1.82) is 0 Å². The molecule has 4 aromatic rings. The van der Waals surface area contributed by atoms with Gasteiger partial charge < -0.3 is 16.2 Å². The van der Waals surface area contributed by atoms with Crippen molar-refractivity contribution in [3.63, 3.8) is 0 Å². The lowest BCUT2D eigenvalue weighted by atomic mass is 10.0. The maximum Gasteiger partial charge on any atom is 0.254 e. The molecule has 8 heteroatoms. The maximum atomic E-state index is 14.9. The molecule has 0 saturated heterocycles. The van der Waals surface area contributed by atoms with Crippen molar-refractivity contribution in [3.8, 4) is 22.5 Å². The molecular formula is C24H20FN5O2. The molecule has 0 aliphatic rings. The van der Waals surface area contributed by atoms with E-state index < -0.39 is 17.8 Å². The van der Waals surface area contributed by atoms with Gasteiger partial charge in [-0.3, -0.25) is 9.78 Å². The van der Waals surface area contributed by atoms with Crippen LogP contribution < -0.4 is 11.1 Å². The molecule has 4 N–H and O–H groups in total. The number of halogens is 1. The van der Waals surface area contributed by atoms with Gasteiger partial charge in [-0.2, -0.15) is 0 Å². The monoisotopic (exact) mass is 429 g/mol. The van der Waals surface area contributed by atoms with Gasteiger partial charge in [0, 0.05) is 23.5 Å². The van der Waals surface area contributed by atoms with Crippen molar-refractivity contribution >= 4 is 11.7 Å². The van der Waals surface area contributed by atoms with Gasteiger partial charge in [0.2, 0.25) is 0 Å². The Labute approximate surface area is 183 Å². The zero-order chi connectivity index (χ0) is 22.5. The van der Waals surface area contributed by atoms with Gasteiger partial charge in [0.25, 0.3) is 5.91 Å². The number of nitrogens with two attached hydrogens (primary N) is 1. The summed E-state index contributed by atoms with van der Waals surface area (Å²) >= 11 is 0. The number of nitrogens with one attached hydrogen (secondary N) is 1. The summed E-state index contributed by atoms with van der Waals surface area (Å²) in [6, 6.07) is 16.0. The van der Waals surface area contributed by atoms with E-state index >= 15 is 0 Å². The molecule has 0 radical (unpaired) electrons. The molecule has 1 amide bonds. The highest BCUT2D eigenvalue weighted by Gasteiger charge is 2.19. The first-order valence-corrected chi connectivity index (χ1v) is 9.86. The number of benzene rings is 2. The number of aromatic nitrogens is 3. The lowest BCUT2D eigenvalue weighted by molar-refractivity contribution is 0.0912. The Morgan fingerprint density at radius 2 is 1.81 bits per heavy atom. The molecule has 160 valence electrons. The Hall–Kier alpha value is -4.17. The van der Waals surface area contributed by atoms with E-state index in [9.17, 15) is 14.3 Å². The van der Waals surface area contributed by atoms with Crippen LogP contribution in [0.25, 0.3) is 22.5 Å². The summed E-state index contributed by atoms with van der Waals surface area (Å²) in [5.41, 5.74) is 8.60. The number of aliphatic hydroxyl groups excluding tert-OH is 1. The fourth-order valence-electron chi connectivity index (χ4n) is 3.27. The van der Waals surface area contributed by atoms with E-state index in [2.05, 4.69) is 20.3 Å². The second-order valence-corrected chi connectivity index (χ2v) is 7.04. The fraction of sp³-hybridized carbons (Fsp3) is 0.0833. The predicted octanol–water partition coefficient (Wildman–Crippen LogP) is 3.39. The van der Waals surface area contributed by atoms with Crippen molar-refractivity contribution in [3.05, 3.63) is 96.2 Å². The summed E-state index contributed by atoms with van der Waals surface area (Å²) in [4.78, 5) is 25.3. The van der Waals surface area contributed by atoms with E-state index in [0.29, 0.717) is 17.0 Å². The van der Waals surface area contributed by atoms with Gasteiger partial charge in [-0.05, 0) is 29.8 Å². The predicted molar refractivity (Wildman–Crippen MR) is 119 cm³/mol. The molecule has 2 heterocycles. The maximum absolute atomic E-state index is 14.9. The number of nitrogen functional groups attached to an aromatic ring is 1. The highest BCUT2D eigenvalue weighted by Crippen LogP contribution is 2.27. The van der Waals surface area contributed by atoms with E-state index in [1.54, 1.807) is 54.9 Å². The standard InChI is InChI=1S/C24H20FN5O2/c25-19-12-17(22-23(26)28-13-20(29-22)16-8-10-27-11-9-16)6-7-18(19)24(32)30-21(14-31)15-4-2-1-3-5-15/h1-13,21,31H,14H2,(H2,26,28)(H,30,32). The van der Waals surface area contributed by atoms with Crippen LogP contribution in [0.3, 0.4) is 0 Å². The van der Waals surface area contributed by atoms with Crippen molar-refractivity contribution in [2.45, 2.75) is 6.04 Å². The summed E-state index contributed by atoms with van der Waals surface area (Å²) in [6.45, 7) is -0.316. The summed E-state index contributed by atoms with van der Waals surface area (Å²) in [5, 5.41) is 12.3. The molecule has 0 bridgehead atoms. The number of aliphatic hydroxyl groups is 1. The molecular weight excluding hydrogens is 409 g/mol. The zero-order valence-corrected chi connectivity index (χ0v) is 16.9. The van der Waals surface area contributed by atoms with Crippen LogP contribution in [0.5, 0.6) is 0 Å². The second-order valence-electron chi connectivity index (χ2n) is 7.04. The molecule has 0 saturated carbocycles. The third-order valence-corrected chi connectivity index (χ3v) is 4.95. The number of hydrogen-bond acceptors (Lipinski definition) is 6. The minimum atomic E-state index is -0.736. The molecule has 1 atom stereocenters. The highest BCUT2D eigenvalue weighted by atomic mass is 19.1. The van der Waals surface area contributed by atoms with E-state index in [-0.39, 0.29) is 18.0 Å². The third-order valence-electron chi connectivity index (χ3n) is 4.95. The van der Waals surface area contributed by atoms with Crippen molar-refractivity contribution in [1.82, 2.24) is 20.3 Å². The van der Waals surface area contributed by atoms with E-state index in [4.69, 9.17) is 5.73 Å². The average molecular weight is 429 g/mol. The number of carbonyl (C=O) groups is 1. The Kier molecular flexibility index (Phi) is 6.14.